The molecule has 0 spiro atoms. The normalized spacial score (nSPS) is 12.5. The summed E-state index contributed by atoms with van der Waals surface area (Å²) in [6.07, 6.45) is 0.391. The van der Waals surface area contributed by atoms with Gasteiger partial charge in [-0.15, -0.1) is 10.2 Å². The van der Waals surface area contributed by atoms with E-state index >= 15 is 0 Å². The second-order valence-electron chi connectivity index (χ2n) is 8.18. The Bertz CT molecular complexity index is 1360. The predicted molar refractivity (Wildman–Crippen MR) is 136 cm³/mol. The van der Waals surface area contributed by atoms with Gasteiger partial charge in [0.15, 0.2) is 11.0 Å². The van der Waals surface area contributed by atoms with E-state index in [1.165, 1.54) is 23.3 Å². The Morgan fingerprint density at radius 3 is 2.29 bits per heavy atom. The fourth-order valence-corrected chi connectivity index (χ4v) is 5.86. The Balaban J connectivity index is 1.63. The van der Waals surface area contributed by atoms with E-state index in [9.17, 15) is 12.8 Å². The van der Waals surface area contributed by atoms with Crippen LogP contribution in [0.2, 0.25) is 0 Å². The van der Waals surface area contributed by atoms with Crippen molar-refractivity contribution in [3.63, 3.8) is 0 Å². The molecule has 35 heavy (non-hydrogen) atoms. The molecule has 1 N–H and O–H groups in total. The number of aryl methyl sites for hydroxylation is 1. The molecule has 3 aromatic carbocycles. The van der Waals surface area contributed by atoms with Crippen molar-refractivity contribution in [3.8, 4) is 0 Å². The number of nitrogens with zero attached hydrogens (tertiary/aromatic N) is 3. The van der Waals surface area contributed by atoms with Crippen LogP contribution in [0.3, 0.4) is 0 Å². The second-order valence-corrected chi connectivity index (χ2v) is 10.8. The lowest BCUT2D eigenvalue weighted by Crippen LogP contribution is -2.32. The van der Waals surface area contributed by atoms with E-state index in [-0.39, 0.29) is 4.90 Å². The lowest BCUT2D eigenvalue weighted by Gasteiger charge is -2.19. The van der Waals surface area contributed by atoms with Gasteiger partial charge in [0, 0.05) is 12.3 Å². The Morgan fingerprint density at radius 1 is 0.943 bits per heavy atom. The van der Waals surface area contributed by atoms with Crippen LogP contribution in [0.1, 0.15) is 35.5 Å². The highest BCUT2D eigenvalue weighted by molar-refractivity contribution is 7.98. The molecule has 6 nitrogen and oxygen atoms in total. The molecule has 1 heterocycles. The van der Waals surface area contributed by atoms with E-state index in [0.717, 1.165) is 28.6 Å². The van der Waals surface area contributed by atoms with Crippen LogP contribution in [0.15, 0.2) is 88.9 Å². The molecule has 0 saturated carbocycles. The molecule has 1 atom stereocenters. The molecule has 4 rings (SSSR count). The number of rotatable bonds is 10. The SMILES string of the molecule is CCn1c(SCc2ccc(C)cc2)nnc1[C@H](Cc1ccccc1)NS(=O)(=O)c1ccc(F)cc1. The molecule has 0 unspecified atom stereocenters. The highest BCUT2D eigenvalue weighted by atomic mass is 32.2. The van der Waals surface area contributed by atoms with Gasteiger partial charge in [0.1, 0.15) is 5.82 Å². The van der Waals surface area contributed by atoms with E-state index in [4.69, 9.17) is 0 Å². The lowest BCUT2D eigenvalue weighted by atomic mass is 10.1. The van der Waals surface area contributed by atoms with Crippen LogP contribution in [0.5, 0.6) is 0 Å². The number of hydrogen-bond donors (Lipinski definition) is 1. The minimum atomic E-state index is -3.92. The lowest BCUT2D eigenvalue weighted by molar-refractivity contribution is 0.517. The van der Waals surface area contributed by atoms with Crippen LogP contribution in [-0.4, -0.2) is 23.2 Å². The van der Waals surface area contributed by atoms with Crippen molar-refractivity contribution in [2.24, 2.45) is 0 Å². The number of hydrogen-bond acceptors (Lipinski definition) is 5. The van der Waals surface area contributed by atoms with E-state index in [0.29, 0.717) is 18.8 Å². The molecule has 0 amide bonds. The Morgan fingerprint density at radius 2 is 1.63 bits per heavy atom. The maximum absolute atomic E-state index is 13.4. The van der Waals surface area contributed by atoms with Crippen LogP contribution < -0.4 is 4.72 Å². The monoisotopic (exact) mass is 510 g/mol. The molecule has 9 heteroatoms. The Hall–Kier alpha value is -3.01. The molecule has 4 aromatic rings. The largest absolute Gasteiger partial charge is 0.305 e. The van der Waals surface area contributed by atoms with E-state index in [2.05, 4.69) is 46.1 Å². The van der Waals surface area contributed by atoms with Crippen molar-refractivity contribution >= 4 is 21.8 Å². The fraction of sp³-hybridized carbons (Fsp3) is 0.231. The van der Waals surface area contributed by atoms with Crippen LogP contribution in [0.25, 0.3) is 0 Å². The molecule has 0 aliphatic carbocycles. The van der Waals surface area contributed by atoms with Gasteiger partial charge < -0.3 is 4.57 Å². The van der Waals surface area contributed by atoms with Gasteiger partial charge in [0.25, 0.3) is 0 Å². The molecule has 1 aromatic heterocycles. The van der Waals surface area contributed by atoms with Gasteiger partial charge in [-0.05, 0) is 55.7 Å². The first-order chi connectivity index (χ1) is 16.9. The summed E-state index contributed by atoms with van der Waals surface area (Å²) in [5.41, 5.74) is 3.33. The minimum absolute atomic E-state index is 0.00602. The average molecular weight is 511 g/mol. The zero-order chi connectivity index (χ0) is 24.8. The van der Waals surface area contributed by atoms with Crippen molar-refractivity contribution in [3.05, 3.63) is 107 Å². The van der Waals surface area contributed by atoms with Crippen LogP contribution in [0.4, 0.5) is 4.39 Å². The average Bonchev–Trinajstić information content (AvgIpc) is 3.27. The van der Waals surface area contributed by atoms with Crippen molar-refractivity contribution in [2.45, 2.75) is 48.7 Å². The number of aromatic nitrogens is 3. The first kappa shape index (κ1) is 25.1. The van der Waals surface area contributed by atoms with E-state index in [1.807, 2.05) is 41.8 Å². The van der Waals surface area contributed by atoms with Crippen molar-refractivity contribution in [1.29, 1.82) is 0 Å². The molecule has 0 radical (unpaired) electrons. The summed E-state index contributed by atoms with van der Waals surface area (Å²) in [4.78, 5) is -0.00602. The summed E-state index contributed by atoms with van der Waals surface area (Å²) in [5, 5.41) is 9.52. The van der Waals surface area contributed by atoms with Crippen molar-refractivity contribution in [1.82, 2.24) is 19.5 Å². The van der Waals surface area contributed by atoms with E-state index < -0.39 is 21.9 Å². The molecule has 0 aliphatic heterocycles. The van der Waals surface area contributed by atoms with Crippen molar-refractivity contribution in [2.75, 3.05) is 0 Å². The van der Waals surface area contributed by atoms with Gasteiger partial charge in [-0.1, -0.05) is 71.9 Å². The van der Waals surface area contributed by atoms with Gasteiger partial charge >= 0.3 is 0 Å². The first-order valence-electron chi connectivity index (χ1n) is 11.3. The third-order valence-electron chi connectivity index (χ3n) is 5.57. The summed E-state index contributed by atoms with van der Waals surface area (Å²) < 4.78 is 44.4. The summed E-state index contributed by atoms with van der Waals surface area (Å²) in [5.74, 6) is 0.766. The smallest absolute Gasteiger partial charge is 0.241 e. The minimum Gasteiger partial charge on any atom is -0.305 e. The second kappa shape index (κ2) is 11.2. The summed E-state index contributed by atoms with van der Waals surface area (Å²) in [6.45, 7) is 4.62. The summed E-state index contributed by atoms with van der Waals surface area (Å²) in [7, 11) is -3.92. The maximum atomic E-state index is 13.4. The number of nitrogens with one attached hydrogen (secondary N) is 1. The molecular formula is C26H27FN4O2S2. The first-order valence-corrected chi connectivity index (χ1v) is 13.8. The van der Waals surface area contributed by atoms with Gasteiger partial charge in [-0.25, -0.2) is 17.5 Å². The topological polar surface area (TPSA) is 76.9 Å². The highest BCUT2D eigenvalue weighted by Crippen LogP contribution is 2.27. The zero-order valence-corrected chi connectivity index (χ0v) is 21.2. The molecule has 0 aliphatic rings. The number of halogens is 1. The fourth-order valence-electron chi connectivity index (χ4n) is 3.70. The third-order valence-corrected chi connectivity index (χ3v) is 8.09. The molecular weight excluding hydrogens is 483 g/mol. The zero-order valence-electron chi connectivity index (χ0n) is 19.6. The number of sulfonamides is 1. The van der Waals surface area contributed by atoms with E-state index in [1.54, 1.807) is 11.8 Å². The quantitative estimate of drug-likeness (QED) is 0.293. The van der Waals surface area contributed by atoms with Gasteiger partial charge in [-0.2, -0.15) is 0 Å². The number of thioether (sulfide) groups is 1. The molecule has 0 saturated heterocycles. The third kappa shape index (κ3) is 6.36. The highest BCUT2D eigenvalue weighted by Gasteiger charge is 2.27. The maximum Gasteiger partial charge on any atom is 0.241 e. The summed E-state index contributed by atoms with van der Waals surface area (Å²) in [6, 6.07) is 22.1. The Labute approximate surface area is 209 Å². The molecule has 0 fully saturated rings. The predicted octanol–water partition coefficient (Wildman–Crippen LogP) is 5.30. The molecule has 182 valence electrons. The van der Waals surface area contributed by atoms with Crippen LogP contribution >= 0.6 is 11.8 Å². The van der Waals surface area contributed by atoms with Crippen molar-refractivity contribution < 1.29 is 12.8 Å². The number of benzene rings is 3. The van der Waals surface area contributed by atoms with Gasteiger partial charge in [-0.3, -0.25) is 0 Å². The standard InChI is InChI=1S/C26H27FN4O2S2/c1-3-31-25(28-29-26(31)34-18-21-11-9-19(2)10-12-21)24(17-20-7-5-4-6-8-20)30-35(32,33)23-15-13-22(27)14-16-23/h4-16,24,30H,3,17-18H2,1-2H3/t24-/m0/s1. The van der Waals surface area contributed by atoms with Crippen LogP contribution in [-0.2, 0) is 28.7 Å². The van der Waals surface area contributed by atoms with Gasteiger partial charge in [0.05, 0.1) is 10.9 Å². The molecule has 0 bridgehead atoms. The Kier molecular flexibility index (Phi) is 8.00. The van der Waals surface area contributed by atoms with Gasteiger partial charge in [0.2, 0.25) is 10.0 Å². The van der Waals surface area contributed by atoms with Crippen LogP contribution in [0, 0.1) is 12.7 Å². The summed E-state index contributed by atoms with van der Waals surface area (Å²) >= 11 is 1.56.